The second-order valence-corrected chi connectivity index (χ2v) is 6.81. The van der Waals surface area contributed by atoms with Crippen molar-refractivity contribution in [2.45, 2.75) is 11.8 Å². The van der Waals surface area contributed by atoms with Crippen molar-refractivity contribution in [3.05, 3.63) is 52.3 Å². The van der Waals surface area contributed by atoms with Crippen molar-refractivity contribution in [3.8, 4) is 0 Å². The van der Waals surface area contributed by atoms with Gasteiger partial charge in [-0.15, -0.1) is 0 Å². The summed E-state index contributed by atoms with van der Waals surface area (Å²) in [6, 6.07) is 8.48. The number of nitrogen functional groups attached to an aromatic ring is 1. The monoisotopic (exact) mass is 358 g/mol. The van der Waals surface area contributed by atoms with Gasteiger partial charge in [-0.05, 0) is 58.7 Å². The lowest BCUT2D eigenvalue weighted by Gasteiger charge is -2.11. The van der Waals surface area contributed by atoms with Gasteiger partial charge in [0.05, 0.1) is 16.3 Å². The molecular formula is C13H12BrFN2O2S. The molecule has 106 valence electrons. The molecular weight excluding hydrogens is 347 g/mol. The predicted octanol–water partition coefficient (Wildman–Crippen LogP) is 3.28. The van der Waals surface area contributed by atoms with Crippen molar-refractivity contribution in [1.82, 2.24) is 0 Å². The van der Waals surface area contributed by atoms with Crippen LogP contribution in [0.15, 0.2) is 45.8 Å². The summed E-state index contributed by atoms with van der Waals surface area (Å²) < 4.78 is 40.5. The van der Waals surface area contributed by atoms with Crippen LogP contribution < -0.4 is 10.5 Å². The molecule has 0 unspecified atom stereocenters. The summed E-state index contributed by atoms with van der Waals surface area (Å²) in [5, 5.41) is 0. The third kappa shape index (κ3) is 3.10. The van der Waals surface area contributed by atoms with Gasteiger partial charge in [-0.25, -0.2) is 12.8 Å². The normalized spacial score (nSPS) is 11.3. The summed E-state index contributed by atoms with van der Waals surface area (Å²) in [6.45, 7) is 1.89. The topological polar surface area (TPSA) is 72.2 Å². The molecule has 0 radical (unpaired) electrons. The quantitative estimate of drug-likeness (QED) is 0.827. The summed E-state index contributed by atoms with van der Waals surface area (Å²) >= 11 is 3.29. The molecule has 0 bridgehead atoms. The average molecular weight is 359 g/mol. The van der Waals surface area contributed by atoms with Gasteiger partial charge in [0.25, 0.3) is 10.0 Å². The van der Waals surface area contributed by atoms with Crippen LogP contribution in [0.5, 0.6) is 0 Å². The highest BCUT2D eigenvalue weighted by molar-refractivity contribution is 9.10. The second kappa shape index (κ2) is 5.41. The highest BCUT2D eigenvalue weighted by Crippen LogP contribution is 2.26. The molecule has 20 heavy (non-hydrogen) atoms. The first-order valence-corrected chi connectivity index (χ1v) is 7.91. The van der Waals surface area contributed by atoms with E-state index in [-0.39, 0.29) is 10.6 Å². The van der Waals surface area contributed by atoms with Gasteiger partial charge < -0.3 is 5.73 Å². The fourth-order valence-corrected chi connectivity index (χ4v) is 3.43. The van der Waals surface area contributed by atoms with Crippen molar-refractivity contribution in [2.75, 3.05) is 10.5 Å². The Labute approximate surface area is 125 Å². The molecule has 2 aromatic rings. The van der Waals surface area contributed by atoms with Gasteiger partial charge in [0, 0.05) is 4.47 Å². The van der Waals surface area contributed by atoms with Crippen LogP contribution in [-0.4, -0.2) is 8.42 Å². The van der Waals surface area contributed by atoms with Crippen molar-refractivity contribution in [3.63, 3.8) is 0 Å². The maximum atomic E-state index is 13.1. The van der Waals surface area contributed by atoms with Crippen LogP contribution >= 0.6 is 15.9 Å². The Kier molecular flexibility index (Phi) is 4.01. The van der Waals surface area contributed by atoms with Crippen LogP contribution in [0.4, 0.5) is 15.8 Å². The molecule has 4 nitrogen and oxygen atoms in total. The second-order valence-electron chi connectivity index (χ2n) is 4.27. The fraction of sp³-hybridized carbons (Fsp3) is 0.0769. The third-order valence-corrected chi connectivity index (χ3v) is 4.67. The van der Waals surface area contributed by atoms with Gasteiger partial charge >= 0.3 is 0 Å². The molecule has 7 heteroatoms. The zero-order valence-electron chi connectivity index (χ0n) is 10.5. The van der Waals surface area contributed by atoms with E-state index in [1.165, 1.54) is 0 Å². The number of nitrogens with two attached hydrogens (primary N) is 1. The number of sulfonamides is 1. The minimum Gasteiger partial charge on any atom is -0.396 e. The molecule has 0 aliphatic heterocycles. The van der Waals surface area contributed by atoms with Gasteiger partial charge in [0.1, 0.15) is 5.82 Å². The Morgan fingerprint density at radius 1 is 1.20 bits per heavy atom. The third-order valence-electron chi connectivity index (χ3n) is 2.65. The molecule has 0 aliphatic carbocycles. The average Bonchev–Trinajstić information content (AvgIpc) is 2.36. The lowest BCUT2D eigenvalue weighted by Crippen LogP contribution is -2.14. The first-order chi connectivity index (χ1) is 9.29. The molecule has 0 atom stereocenters. The number of aryl methyl sites for hydroxylation is 1. The molecule has 0 aromatic heterocycles. The number of benzene rings is 2. The van der Waals surface area contributed by atoms with E-state index in [1.807, 2.05) is 6.92 Å². The van der Waals surface area contributed by atoms with Crippen LogP contribution in [0.3, 0.4) is 0 Å². The number of rotatable bonds is 3. The number of hydrogen-bond donors (Lipinski definition) is 2. The Bertz CT molecular complexity index is 763. The van der Waals surface area contributed by atoms with E-state index in [1.54, 1.807) is 18.2 Å². The Hall–Kier alpha value is -1.60. The van der Waals surface area contributed by atoms with E-state index in [0.717, 1.165) is 23.8 Å². The number of hydrogen-bond acceptors (Lipinski definition) is 3. The molecule has 0 saturated heterocycles. The van der Waals surface area contributed by atoms with E-state index in [9.17, 15) is 12.8 Å². The molecule has 0 saturated carbocycles. The lowest BCUT2D eigenvalue weighted by atomic mass is 10.2. The van der Waals surface area contributed by atoms with Crippen LogP contribution in [0.2, 0.25) is 0 Å². The predicted molar refractivity (Wildman–Crippen MR) is 80.5 cm³/mol. The fourth-order valence-electron chi connectivity index (χ4n) is 1.60. The molecule has 2 aromatic carbocycles. The minimum atomic E-state index is -3.81. The minimum absolute atomic E-state index is 0.0936. The maximum absolute atomic E-state index is 13.1. The van der Waals surface area contributed by atoms with E-state index >= 15 is 0 Å². The first-order valence-electron chi connectivity index (χ1n) is 5.63. The zero-order chi connectivity index (χ0) is 14.9. The Balaban J connectivity index is 2.38. The smallest absolute Gasteiger partial charge is 0.262 e. The molecule has 0 fully saturated rings. The summed E-state index contributed by atoms with van der Waals surface area (Å²) in [5.41, 5.74) is 6.56. The van der Waals surface area contributed by atoms with E-state index in [2.05, 4.69) is 20.7 Å². The summed E-state index contributed by atoms with van der Waals surface area (Å²) in [4.78, 5) is -0.0936. The van der Waals surface area contributed by atoms with Gasteiger partial charge in [0.15, 0.2) is 0 Å². The Morgan fingerprint density at radius 2 is 1.90 bits per heavy atom. The van der Waals surface area contributed by atoms with Crippen molar-refractivity contribution >= 4 is 37.3 Å². The molecule has 0 aliphatic rings. The number of anilines is 2. The van der Waals surface area contributed by atoms with Crippen molar-refractivity contribution in [2.24, 2.45) is 0 Å². The number of nitrogens with one attached hydrogen (secondary N) is 1. The number of halogens is 2. The highest BCUT2D eigenvalue weighted by Gasteiger charge is 2.17. The molecule has 0 heterocycles. The van der Waals surface area contributed by atoms with Crippen LogP contribution in [-0.2, 0) is 10.0 Å². The van der Waals surface area contributed by atoms with E-state index in [4.69, 9.17) is 5.73 Å². The SMILES string of the molecule is Cc1ccc(NS(=O)(=O)c2ccc(F)c(N)c2)c(Br)c1. The highest BCUT2D eigenvalue weighted by atomic mass is 79.9. The maximum Gasteiger partial charge on any atom is 0.262 e. The summed E-state index contributed by atoms with van der Waals surface area (Å²) in [6.07, 6.45) is 0. The van der Waals surface area contributed by atoms with Crippen LogP contribution in [0.25, 0.3) is 0 Å². The summed E-state index contributed by atoms with van der Waals surface area (Å²) in [5.74, 6) is -0.652. The van der Waals surface area contributed by atoms with Crippen LogP contribution in [0, 0.1) is 12.7 Å². The molecule has 0 amide bonds. The van der Waals surface area contributed by atoms with Crippen LogP contribution in [0.1, 0.15) is 5.56 Å². The Morgan fingerprint density at radius 3 is 2.50 bits per heavy atom. The standard InChI is InChI=1S/C13H12BrFN2O2S/c1-8-2-5-13(10(14)6-8)17-20(18,19)9-3-4-11(15)12(16)7-9/h2-7,17H,16H2,1H3. The van der Waals surface area contributed by atoms with Gasteiger partial charge in [-0.1, -0.05) is 6.07 Å². The van der Waals surface area contributed by atoms with E-state index in [0.29, 0.717) is 10.2 Å². The van der Waals surface area contributed by atoms with Crippen molar-refractivity contribution < 1.29 is 12.8 Å². The first kappa shape index (κ1) is 14.8. The summed E-state index contributed by atoms with van der Waals surface area (Å²) in [7, 11) is -3.81. The molecule has 2 rings (SSSR count). The van der Waals surface area contributed by atoms with Crippen molar-refractivity contribution in [1.29, 1.82) is 0 Å². The van der Waals surface area contributed by atoms with E-state index < -0.39 is 15.8 Å². The van der Waals surface area contributed by atoms with Gasteiger partial charge in [0.2, 0.25) is 0 Å². The lowest BCUT2D eigenvalue weighted by molar-refractivity contribution is 0.600. The largest absolute Gasteiger partial charge is 0.396 e. The van der Waals surface area contributed by atoms with Gasteiger partial charge in [-0.3, -0.25) is 4.72 Å². The molecule has 0 spiro atoms. The van der Waals surface area contributed by atoms with Gasteiger partial charge in [-0.2, -0.15) is 0 Å². The molecule has 3 N–H and O–H groups in total. The zero-order valence-corrected chi connectivity index (χ0v) is 12.9.